The van der Waals surface area contributed by atoms with Crippen LogP contribution in [0.25, 0.3) is 0 Å². The van der Waals surface area contributed by atoms with Gasteiger partial charge >= 0.3 is 9.28 Å². The molecule has 0 atom stereocenters. The Bertz CT molecular complexity index is 67.5. The Morgan fingerprint density at radius 1 is 1.17 bits per heavy atom. The highest BCUT2D eigenvalue weighted by atomic mass is 28.3. The smallest absolute Gasteiger partial charge is 0.320 e. The highest BCUT2D eigenvalue weighted by Crippen LogP contribution is 2.13. The first-order chi connectivity index (χ1) is 5.85. The summed E-state index contributed by atoms with van der Waals surface area (Å²) >= 11 is 0. The van der Waals surface area contributed by atoms with Crippen LogP contribution < -0.4 is 0 Å². The topological polar surface area (TPSA) is 18.5 Å². The molecule has 1 radical (unpaired) electrons. The number of hydrogen-bond acceptors (Lipinski definition) is 2. The highest BCUT2D eigenvalue weighted by molar-refractivity contribution is 6.44. The Balaban J connectivity index is 0.000000211. The Morgan fingerprint density at radius 2 is 1.67 bits per heavy atom. The first kappa shape index (κ1) is 12.1. The second kappa shape index (κ2) is 9.23. The molecule has 73 valence electrons. The molecule has 1 saturated carbocycles. The van der Waals surface area contributed by atoms with E-state index in [0.29, 0.717) is 0 Å². The molecule has 12 heavy (non-hydrogen) atoms. The Morgan fingerprint density at radius 3 is 1.75 bits per heavy atom. The maximum atomic E-state index is 4.97. The molecule has 0 aromatic rings. The molecule has 2 nitrogen and oxygen atoms in total. The molecule has 0 aromatic carbocycles. The van der Waals surface area contributed by atoms with Crippen molar-refractivity contribution in [1.29, 1.82) is 0 Å². The van der Waals surface area contributed by atoms with Crippen LogP contribution in [0.15, 0.2) is 0 Å². The molecular formula is C9H21O2Si. The van der Waals surface area contributed by atoms with Crippen molar-refractivity contribution in [3.8, 4) is 0 Å². The molecule has 0 spiro atoms. The van der Waals surface area contributed by atoms with Crippen LogP contribution in [0.4, 0.5) is 0 Å². The lowest BCUT2D eigenvalue weighted by Gasteiger charge is -2.05. The molecule has 0 unspecified atom stereocenters. The summed E-state index contributed by atoms with van der Waals surface area (Å²) < 4.78 is 9.93. The molecule has 0 aliphatic heterocycles. The molecule has 0 heterocycles. The van der Waals surface area contributed by atoms with Crippen LogP contribution in [0.2, 0.25) is 6.04 Å². The molecule has 1 aliphatic rings. The summed E-state index contributed by atoms with van der Waals surface area (Å²) in [5.74, 6) is 0. The predicted octanol–water partition coefficient (Wildman–Crippen LogP) is 2.28. The van der Waals surface area contributed by atoms with E-state index in [4.69, 9.17) is 8.85 Å². The SMILES string of the molecule is CC[SiH](OC)OC.[CH]1CCCC1. The zero-order chi connectivity index (χ0) is 9.23. The van der Waals surface area contributed by atoms with Crippen molar-refractivity contribution in [2.75, 3.05) is 14.2 Å². The third kappa shape index (κ3) is 6.82. The summed E-state index contributed by atoms with van der Waals surface area (Å²) in [6.07, 6.45) is 8.00. The Kier molecular flexibility index (Phi) is 9.33. The average Bonchev–Trinajstić information content (AvgIpc) is 2.64. The van der Waals surface area contributed by atoms with Gasteiger partial charge in [0, 0.05) is 14.2 Å². The van der Waals surface area contributed by atoms with E-state index < -0.39 is 9.28 Å². The molecule has 0 amide bonds. The third-order valence-electron chi connectivity index (χ3n) is 1.93. The van der Waals surface area contributed by atoms with Crippen LogP contribution in [0, 0.1) is 6.42 Å². The zero-order valence-corrected chi connectivity index (χ0v) is 9.66. The Labute approximate surface area is 78.1 Å². The van der Waals surface area contributed by atoms with Gasteiger partial charge in [-0.25, -0.2) is 0 Å². The summed E-state index contributed by atoms with van der Waals surface area (Å²) in [5.41, 5.74) is 0. The van der Waals surface area contributed by atoms with Gasteiger partial charge in [-0.1, -0.05) is 32.6 Å². The summed E-state index contributed by atoms with van der Waals surface area (Å²) in [4.78, 5) is 0. The van der Waals surface area contributed by atoms with E-state index in [1.165, 1.54) is 25.7 Å². The van der Waals surface area contributed by atoms with E-state index in [1.807, 2.05) is 0 Å². The van der Waals surface area contributed by atoms with Crippen molar-refractivity contribution in [2.24, 2.45) is 0 Å². The third-order valence-corrected chi connectivity index (χ3v) is 3.64. The van der Waals surface area contributed by atoms with Crippen LogP contribution >= 0.6 is 0 Å². The molecule has 0 saturated heterocycles. The van der Waals surface area contributed by atoms with E-state index in [-0.39, 0.29) is 0 Å². The molecule has 3 heteroatoms. The lowest BCUT2D eigenvalue weighted by atomic mass is 10.4. The second-order valence-electron chi connectivity index (χ2n) is 2.88. The molecular weight excluding hydrogens is 168 g/mol. The van der Waals surface area contributed by atoms with Gasteiger partial charge in [0.2, 0.25) is 0 Å². The van der Waals surface area contributed by atoms with Crippen molar-refractivity contribution in [2.45, 2.75) is 38.7 Å². The summed E-state index contributed by atoms with van der Waals surface area (Å²) in [7, 11) is 2.23. The lowest BCUT2D eigenvalue weighted by molar-refractivity contribution is 0.279. The maximum absolute atomic E-state index is 4.97. The predicted molar refractivity (Wildman–Crippen MR) is 54.4 cm³/mol. The standard InChI is InChI=1S/C5H9.C4H12O2Si/c1-2-4-5-3-1;1-4-7(5-2)6-3/h1H,2-5H2;7H,4H2,1-3H3. The van der Waals surface area contributed by atoms with Gasteiger partial charge in [0.25, 0.3) is 0 Å². The van der Waals surface area contributed by atoms with Gasteiger partial charge in [0.15, 0.2) is 0 Å². The van der Waals surface area contributed by atoms with E-state index in [1.54, 1.807) is 14.2 Å². The van der Waals surface area contributed by atoms with E-state index >= 15 is 0 Å². The fourth-order valence-corrected chi connectivity index (χ4v) is 2.01. The fourth-order valence-electron chi connectivity index (χ4n) is 1.15. The van der Waals surface area contributed by atoms with Crippen LogP contribution in [0.5, 0.6) is 0 Å². The van der Waals surface area contributed by atoms with Gasteiger partial charge in [-0.2, -0.15) is 0 Å². The van der Waals surface area contributed by atoms with Crippen LogP contribution in [-0.2, 0) is 8.85 Å². The van der Waals surface area contributed by atoms with Crippen molar-refractivity contribution >= 4 is 9.28 Å². The minimum atomic E-state index is -1.17. The number of rotatable bonds is 3. The largest absolute Gasteiger partial charge is 0.400 e. The van der Waals surface area contributed by atoms with Crippen molar-refractivity contribution in [1.82, 2.24) is 0 Å². The molecule has 0 bridgehead atoms. The molecule has 1 aliphatic carbocycles. The molecule has 0 aromatic heterocycles. The molecule has 1 fully saturated rings. The molecule has 1 rings (SSSR count). The van der Waals surface area contributed by atoms with Gasteiger partial charge < -0.3 is 8.85 Å². The van der Waals surface area contributed by atoms with Gasteiger partial charge in [-0.15, -0.1) is 0 Å². The van der Waals surface area contributed by atoms with Crippen molar-refractivity contribution in [3.05, 3.63) is 6.42 Å². The van der Waals surface area contributed by atoms with Gasteiger partial charge in [0.05, 0.1) is 0 Å². The van der Waals surface area contributed by atoms with E-state index in [0.717, 1.165) is 6.04 Å². The average molecular weight is 189 g/mol. The first-order valence-corrected chi connectivity index (χ1v) is 6.48. The van der Waals surface area contributed by atoms with Crippen LogP contribution in [0.3, 0.4) is 0 Å². The van der Waals surface area contributed by atoms with E-state index in [9.17, 15) is 0 Å². The number of hydrogen-bond donors (Lipinski definition) is 0. The van der Waals surface area contributed by atoms with Crippen LogP contribution in [-0.4, -0.2) is 23.5 Å². The molecule has 0 N–H and O–H groups in total. The van der Waals surface area contributed by atoms with Crippen molar-refractivity contribution < 1.29 is 8.85 Å². The van der Waals surface area contributed by atoms with Crippen molar-refractivity contribution in [3.63, 3.8) is 0 Å². The van der Waals surface area contributed by atoms with Gasteiger partial charge in [-0.05, 0) is 12.5 Å². The van der Waals surface area contributed by atoms with Gasteiger partial charge in [0.1, 0.15) is 0 Å². The van der Waals surface area contributed by atoms with E-state index in [2.05, 4.69) is 13.3 Å². The summed E-state index contributed by atoms with van der Waals surface area (Å²) in [5, 5.41) is 0. The fraction of sp³-hybridized carbons (Fsp3) is 0.889. The first-order valence-electron chi connectivity index (χ1n) is 4.72. The van der Waals surface area contributed by atoms with Crippen LogP contribution in [0.1, 0.15) is 32.6 Å². The van der Waals surface area contributed by atoms with Gasteiger partial charge in [-0.3, -0.25) is 0 Å². The summed E-state index contributed by atoms with van der Waals surface area (Å²) in [6, 6.07) is 1.05. The minimum Gasteiger partial charge on any atom is -0.400 e. The maximum Gasteiger partial charge on any atom is 0.320 e. The second-order valence-corrected chi connectivity index (χ2v) is 5.50. The minimum absolute atomic E-state index is 1.05. The Hall–Kier alpha value is 0.137. The lowest BCUT2D eigenvalue weighted by Crippen LogP contribution is -2.16. The zero-order valence-electron chi connectivity index (χ0n) is 8.51. The monoisotopic (exact) mass is 189 g/mol. The normalized spacial score (nSPS) is 16.0. The summed E-state index contributed by atoms with van der Waals surface area (Å²) in [6.45, 7) is 2.07. The highest BCUT2D eigenvalue weighted by Gasteiger charge is 2.02. The quantitative estimate of drug-likeness (QED) is 0.634.